The smallest absolute Gasteiger partial charge is 0.167 e. The molecule has 3 saturated heterocycles. The molecule has 4 nitrogen and oxygen atoms in total. The van der Waals surface area contributed by atoms with Crippen molar-refractivity contribution in [3.05, 3.63) is 12.2 Å². The molecule has 24 heavy (non-hydrogen) atoms. The molecular formula is C20H28O4. The second kappa shape index (κ2) is 4.11. The van der Waals surface area contributed by atoms with Gasteiger partial charge in [-0.05, 0) is 61.9 Å². The van der Waals surface area contributed by atoms with Crippen LogP contribution in [0.15, 0.2) is 12.2 Å². The fraction of sp³-hybridized carbons (Fsp3) is 0.900. The van der Waals surface area contributed by atoms with Gasteiger partial charge in [0.1, 0.15) is 0 Å². The maximum atomic E-state index is 11.2. The maximum Gasteiger partial charge on any atom is 0.167 e. The molecule has 4 heteroatoms. The van der Waals surface area contributed by atoms with Gasteiger partial charge in [0.15, 0.2) is 12.6 Å². The van der Waals surface area contributed by atoms with Gasteiger partial charge in [0.25, 0.3) is 0 Å². The quantitative estimate of drug-likeness (QED) is 0.670. The van der Waals surface area contributed by atoms with E-state index in [-0.39, 0.29) is 28.6 Å². The van der Waals surface area contributed by atoms with Crippen molar-refractivity contribution < 1.29 is 19.7 Å². The van der Waals surface area contributed by atoms with Gasteiger partial charge in [-0.25, -0.2) is 0 Å². The highest BCUT2D eigenvalue weighted by atomic mass is 16.7. The Morgan fingerprint density at radius 1 is 1.04 bits per heavy atom. The van der Waals surface area contributed by atoms with E-state index in [1.54, 1.807) is 0 Å². The van der Waals surface area contributed by atoms with Crippen molar-refractivity contribution in [2.45, 2.75) is 76.7 Å². The Hall–Kier alpha value is -0.420. The summed E-state index contributed by atoms with van der Waals surface area (Å²) in [6.07, 6.45) is 6.26. The zero-order chi connectivity index (χ0) is 16.5. The minimum absolute atomic E-state index is 0.0126. The monoisotopic (exact) mass is 332 g/mol. The molecule has 5 saturated carbocycles. The molecular weight excluding hydrogens is 304 g/mol. The minimum atomic E-state index is -0.711. The molecule has 2 N–H and O–H groups in total. The number of fused-ring (bicyclic) bond motifs is 2. The topological polar surface area (TPSA) is 58.9 Å². The molecule has 10 unspecified atom stereocenters. The summed E-state index contributed by atoms with van der Waals surface area (Å²) in [6, 6.07) is 0. The second-order valence-corrected chi connectivity index (χ2v) is 9.82. The molecule has 8 rings (SSSR count). The fourth-order valence-corrected chi connectivity index (χ4v) is 8.44. The lowest BCUT2D eigenvalue weighted by atomic mass is 9.33. The van der Waals surface area contributed by atoms with Crippen LogP contribution in [0.2, 0.25) is 0 Å². The molecule has 8 aliphatic rings. The highest BCUT2D eigenvalue weighted by molar-refractivity contribution is 5.31. The van der Waals surface area contributed by atoms with Crippen molar-refractivity contribution in [2.75, 3.05) is 0 Å². The molecule has 0 aromatic rings. The van der Waals surface area contributed by atoms with Gasteiger partial charge >= 0.3 is 0 Å². The van der Waals surface area contributed by atoms with Crippen molar-refractivity contribution >= 4 is 0 Å². The normalized spacial score (nSPS) is 66.5. The summed E-state index contributed by atoms with van der Waals surface area (Å²) in [5.74, 6) is 1.37. The van der Waals surface area contributed by atoms with E-state index < -0.39 is 12.4 Å². The molecule has 8 fully saturated rings. The summed E-state index contributed by atoms with van der Waals surface area (Å²) in [5, 5.41) is 21.8. The van der Waals surface area contributed by atoms with Gasteiger partial charge in [-0.2, -0.15) is 0 Å². The molecule has 132 valence electrons. The highest BCUT2D eigenvalue weighted by Gasteiger charge is 2.79. The molecule has 3 aliphatic heterocycles. The summed E-state index contributed by atoms with van der Waals surface area (Å²) in [4.78, 5) is 0. The highest BCUT2D eigenvalue weighted by Crippen LogP contribution is 2.78. The van der Waals surface area contributed by atoms with Gasteiger partial charge in [0.2, 0.25) is 0 Å². The average Bonchev–Trinajstić information content (AvgIpc) is 2.58. The molecule has 0 aromatic heterocycles. The molecule has 2 spiro atoms. The van der Waals surface area contributed by atoms with Crippen LogP contribution >= 0.6 is 0 Å². The molecule has 7 bridgehead atoms. The van der Waals surface area contributed by atoms with Crippen molar-refractivity contribution in [3.8, 4) is 0 Å². The first kappa shape index (κ1) is 14.7. The Bertz CT molecular complexity index is 633. The Balaban J connectivity index is 1.56. The number of hydrogen-bond acceptors (Lipinski definition) is 4. The van der Waals surface area contributed by atoms with Gasteiger partial charge in [-0.3, -0.25) is 0 Å². The average molecular weight is 332 g/mol. The third-order valence-corrected chi connectivity index (χ3v) is 9.49. The molecule has 3 heterocycles. The first-order chi connectivity index (χ1) is 11.4. The Morgan fingerprint density at radius 3 is 2.71 bits per heavy atom. The minimum Gasteiger partial charge on any atom is -0.388 e. The summed E-state index contributed by atoms with van der Waals surface area (Å²) in [6.45, 7) is 6.47. The first-order valence-corrected chi connectivity index (χ1v) is 9.80. The van der Waals surface area contributed by atoms with Crippen LogP contribution < -0.4 is 0 Å². The van der Waals surface area contributed by atoms with E-state index in [1.807, 2.05) is 0 Å². The van der Waals surface area contributed by atoms with E-state index in [4.69, 9.17) is 9.47 Å². The van der Waals surface area contributed by atoms with E-state index in [2.05, 4.69) is 13.5 Å². The third kappa shape index (κ3) is 1.25. The summed E-state index contributed by atoms with van der Waals surface area (Å²) >= 11 is 0. The summed E-state index contributed by atoms with van der Waals surface area (Å²) in [7, 11) is 0. The SMILES string of the molecule is C=C1C2CCC3(C4CC5C6(C)CCCC5(C(OC6O)O4)C3C2)C1O. The second-order valence-electron chi connectivity index (χ2n) is 9.82. The number of hydrogen-bond donors (Lipinski definition) is 2. The van der Waals surface area contributed by atoms with Crippen molar-refractivity contribution in [1.29, 1.82) is 0 Å². The van der Waals surface area contributed by atoms with Gasteiger partial charge in [-0.15, -0.1) is 0 Å². The number of aliphatic hydroxyl groups is 2. The van der Waals surface area contributed by atoms with Crippen LogP contribution in [0.25, 0.3) is 0 Å². The number of aliphatic hydroxyl groups excluding tert-OH is 2. The Kier molecular flexibility index (Phi) is 2.52. The number of rotatable bonds is 0. The molecule has 0 aromatic carbocycles. The molecule has 0 radical (unpaired) electrons. The van der Waals surface area contributed by atoms with Crippen LogP contribution in [0.4, 0.5) is 0 Å². The zero-order valence-electron chi connectivity index (χ0n) is 14.4. The predicted molar refractivity (Wildman–Crippen MR) is 86.7 cm³/mol. The van der Waals surface area contributed by atoms with Gasteiger partial charge < -0.3 is 19.7 Å². The van der Waals surface area contributed by atoms with Crippen LogP contribution in [-0.2, 0) is 9.47 Å². The number of ether oxygens (including phenoxy) is 2. The summed E-state index contributed by atoms with van der Waals surface area (Å²) in [5.41, 5.74) is 0.732. The van der Waals surface area contributed by atoms with E-state index in [0.29, 0.717) is 17.8 Å². The standard InChI is InChI=1S/C20H28O4/c1-10-11-4-7-20(15(10)21)13(8-11)19-6-3-5-18(2)12(19)9-14(20)23-17(19)24-16(18)22/h11-17,21-22H,1,3-9H2,2H3. The van der Waals surface area contributed by atoms with E-state index in [9.17, 15) is 10.2 Å². The van der Waals surface area contributed by atoms with Crippen LogP contribution in [0, 0.1) is 34.0 Å². The van der Waals surface area contributed by atoms with Crippen LogP contribution in [-0.4, -0.2) is 35.0 Å². The Labute approximate surface area is 143 Å². The predicted octanol–water partition coefficient (Wildman–Crippen LogP) is 2.59. The van der Waals surface area contributed by atoms with Crippen molar-refractivity contribution in [3.63, 3.8) is 0 Å². The van der Waals surface area contributed by atoms with E-state index in [0.717, 1.165) is 50.5 Å². The zero-order valence-corrected chi connectivity index (χ0v) is 14.4. The van der Waals surface area contributed by atoms with Gasteiger partial charge in [0.05, 0.1) is 12.2 Å². The lowest BCUT2D eigenvalue weighted by molar-refractivity contribution is -0.472. The van der Waals surface area contributed by atoms with Crippen LogP contribution in [0.5, 0.6) is 0 Å². The molecule has 5 aliphatic carbocycles. The van der Waals surface area contributed by atoms with Gasteiger partial charge in [-0.1, -0.05) is 19.9 Å². The van der Waals surface area contributed by atoms with E-state index >= 15 is 0 Å². The first-order valence-electron chi connectivity index (χ1n) is 9.80. The van der Waals surface area contributed by atoms with Gasteiger partial charge in [0, 0.05) is 16.2 Å². The fourth-order valence-electron chi connectivity index (χ4n) is 8.44. The van der Waals surface area contributed by atoms with Crippen LogP contribution in [0.3, 0.4) is 0 Å². The molecule has 10 atom stereocenters. The summed E-state index contributed by atoms with van der Waals surface area (Å²) < 4.78 is 12.6. The van der Waals surface area contributed by atoms with Crippen LogP contribution in [0.1, 0.15) is 51.9 Å². The lowest BCUT2D eigenvalue weighted by Crippen LogP contribution is -2.80. The van der Waals surface area contributed by atoms with Crippen molar-refractivity contribution in [1.82, 2.24) is 0 Å². The van der Waals surface area contributed by atoms with E-state index in [1.165, 1.54) is 0 Å². The van der Waals surface area contributed by atoms with Crippen molar-refractivity contribution in [2.24, 2.45) is 34.0 Å². The third-order valence-electron chi connectivity index (χ3n) is 9.49. The maximum absolute atomic E-state index is 11.2. The molecule has 0 amide bonds. The largest absolute Gasteiger partial charge is 0.388 e. The lowest BCUT2D eigenvalue weighted by Gasteiger charge is -2.78. The Morgan fingerprint density at radius 2 is 1.88 bits per heavy atom.